The molecule has 0 bridgehead atoms. The SMILES string of the molecule is C/C=C\C[SiH2]C(C)(C)C. The van der Waals surface area contributed by atoms with Crippen molar-refractivity contribution in [1.29, 1.82) is 0 Å². The van der Waals surface area contributed by atoms with Gasteiger partial charge in [0.15, 0.2) is 0 Å². The molecule has 0 heterocycles. The van der Waals surface area contributed by atoms with E-state index in [9.17, 15) is 0 Å². The lowest BCUT2D eigenvalue weighted by Gasteiger charge is -2.14. The van der Waals surface area contributed by atoms with E-state index in [4.69, 9.17) is 0 Å². The second kappa shape index (κ2) is 3.88. The van der Waals surface area contributed by atoms with Gasteiger partial charge in [0.25, 0.3) is 0 Å². The Morgan fingerprint density at radius 1 is 1.33 bits per heavy atom. The highest BCUT2D eigenvalue weighted by molar-refractivity contribution is 6.40. The molecule has 0 saturated heterocycles. The number of hydrogen-bond donors (Lipinski definition) is 0. The zero-order valence-electron chi connectivity index (χ0n) is 7.07. The van der Waals surface area contributed by atoms with Crippen LogP contribution in [0.3, 0.4) is 0 Å². The fraction of sp³-hybridized carbons (Fsp3) is 0.750. The molecule has 0 amide bonds. The molecule has 0 aromatic heterocycles. The van der Waals surface area contributed by atoms with Crippen LogP contribution in [0.4, 0.5) is 0 Å². The van der Waals surface area contributed by atoms with Gasteiger partial charge in [-0.05, 0) is 18.0 Å². The van der Waals surface area contributed by atoms with Crippen molar-refractivity contribution in [3.05, 3.63) is 12.2 Å². The summed E-state index contributed by atoms with van der Waals surface area (Å²) in [6.45, 7) is 9.10. The molecule has 0 N–H and O–H groups in total. The van der Waals surface area contributed by atoms with Gasteiger partial charge >= 0.3 is 0 Å². The van der Waals surface area contributed by atoms with Crippen LogP contribution in [-0.2, 0) is 0 Å². The van der Waals surface area contributed by atoms with Crippen molar-refractivity contribution in [1.82, 2.24) is 0 Å². The van der Waals surface area contributed by atoms with Crippen LogP contribution in [0.1, 0.15) is 27.7 Å². The van der Waals surface area contributed by atoms with Gasteiger partial charge < -0.3 is 0 Å². The average molecular weight is 142 g/mol. The Bertz CT molecular complexity index is 87.2. The van der Waals surface area contributed by atoms with Crippen molar-refractivity contribution in [3.63, 3.8) is 0 Å². The summed E-state index contributed by atoms with van der Waals surface area (Å²) >= 11 is 0. The van der Waals surface area contributed by atoms with E-state index in [0.29, 0.717) is 5.04 Å². The van der Waals surface area contributed by atoms with E-state index in [-0.39, 0.29) is 9.52 Å². The van der Waals surface area contributed by atoms with E-state index in [2.05, 4.69) is 39.8 Å². The van der Waals surface area contributed by atoms with Gasteiger partial charge in [-0.1, -0.05) is 32.9 Å². The smallest absolute Gasteiger partial charge is 0.0300 e. The van der Waals surface area contributed by atoms with Crippen LogP contribution in [-0.4, -0.2) is 9.52 Å². The first-order chi connectivity index (χ1) is 4.06. The van der Waals surface area contributed by atoms with Crippen LogP contribution in [0.25, 0.3) is 0 Å². The molecule has 0 aromatic rings. The van der Waals surface area contributed by atoms with Gasteiger partial charge in [-0.25, -0.2) is 0 Å². The minimum atomic E-state index is 0.152. The zero-order chi connectivity index (χ0) is 7.33. The molecule has 0 aliphatic carbocycles. The lowest BCUT2D eigenvalue weighted by atomic mass is 10.3. The van der Waals surface area contributed by atoms with Crippen molar-refractivity contribution in [2.75, 3.05) is 0 Å². The molecule has 0 aliphatic heterocycles. The largest absolute Gasteiger partial charge is 0.0920 e. The van der Waals surface area contributed by atoms with Gasteiger partial charge in [0, 0.05) is 9.52 Å². The fourth-order valence-electron chi connectivity index (χ4n) is 0.683. The third-order valence-corrected chi connectivity index (χ3v) is 3.42. The number of allylic oxidation sites excluding steroid dienone is 2. The third-order valence-electron chi connectivity index (χ3n) is 1.30. The van der Waals surface area contributed by atoms with Gasteiger partial charge in [-0.3, -0.25) is 0 Å². The second-order valence-corrected chi connectivity index (χ2v) is 6.87. The minimum absolute atomic E-state index is 0.152. The maximum absolute atomic E-state index is 2.34. The molecule has 0 nitrogen and oxygen atoms in total. The van der Waals surface area contributed by atoms with Gasteiger partial charge in [-0.15, -0.1) is 0 Å². The first-order valence-electron chi connectivity index (χ1n) is 3.67. The Morgan fingerprint density at radius 2 is 1.89 bits per heavy atom. The van der Waals surface area contributed by atoms with E-state index < -0.39 is 0 Å². The summed E-state index contributed by atoms with van der Waals surface area (Å²) in [5.74, 6) is 0. The number of rotatable bonds is 2. The highest BCUT2D eigenvalue weighted by Gasteiger charge is 2.07. The molecule has 0 spiro atoms. The summed E-state index contributed by atoms with van der Waals surface area (Å²) in [5, 5.41) is 0.638. The summed E-state index contributed by atoms with van der Waals surface area (Å²) in [6, 6.07) is 1.36. The first-order valence-corrected chi connectivity index (χ1v) is 5.38. The van der Waals surface area contributed by atoms with Crippen LogP contribution < -0.4 is 0 Å². The molecular weight excluding hydrogens is 124 g/mol. The van der Waals surface area contributed by atoms with E-state index in [1.807, 2.05) is 0 Å². The molecular formula is C8H18Si. The number of hydrogen-bond acceptors (Lipinski definition) is 0. The molecule has 0 fully saturated rings. The van der Waals surface area contributed by atoms with Crippen molar-refractivity contribution in [3.8, 4) is 0 Å². The standard InChI is InChI=1S/C8H18Si/c1-5-6-7-9-8(2,3)4/h5-6H,7,9H2,1-4H3/b6-5-. The molecule has 0 atom stereocenters. The van der Waals surface area contributed by atoms with E-state index in [0.717, 1.165) is 0 Å². The zero-order valence-corrected chi connectivity index (χ0v) is 8.48. The Morgan fingerprint density at radius 3 is 2.22 bits per heavy atom. The first kappa shape index (κ1) is 8.96. The van der Waals surface area contributed by atoms with E-state index in [1.165, 1.54) is 6.04 Å². The minimum Gasteiger partial charge on any atom is -0.0920 e. The quantitative estimate of drug-likeness (QED) is 0.410. The third kappa shape index (κ3) is 7.96. The second-order valence-electron chi connectivity index (χ2n) is 3.67. The fourth-order valence-corrected chi connectivity index (χ4v) is 2.05. The monoisotopic (exact) mass is 142 g/mol. The lowest BCUT2D eigenvalue weighted by Crippen LogP contribution is -2.05. The van der Waals surface area contributed by atoms with Crippen LogP contribution in [0.2, 0.25) is 11.1 Å². The molecule has 0 rings (SSSR count). The Balaban J connectivity index is 3.28. The maximum atomic E-state index is 2.34. The highest BCUT2D eigenvalue weighted by atomic mass is 28.2. The van der Waals surface area contributed by atoms with Crippen molar-refractivity contribution in [2.45, 2.75) is 38.8 Å². The topological polar surface area (TPSA) is 0 Å². The van der Waals surface area contributed by atoms with Crippen LogP contribution >= 0.6 is 0 Å². The van der Waals surface area contributed by atoms with Gasteiger partial charge in [0.1, 0.15) is 0 Å². The molecule has 1 heteroatoms. The molecule has 9 heavy (non-hydrogen) atoms. The summed E-state index contributed by atoms with van der Waals surface area (Å²) in [4.78, 5) is 0. The maximum Gasteiger partial charge on any atom is 0.0300 e. The highest BCUT2D eigenvalue weighted by Crippen LogP contribution is 2.21. The van der Waals surface area contributed by atoms with Gasteiger partial charge in [-0.2, -0.15) is 0 Å². The molecule has 0 aliphatic rings. The van der Waals surface area contributed by atoms with Crippen molar-refractivity contribution < 1.29 is 0 Å². The van der Waals surface area contributed by atoms with Crippen molar-refractivity contribution >= 4 is 9.52 Å². The van der Waals surface area contributed by atoms with Gasteiger partial charge in [0.05, 0.1) is 0 Å². The molecule has 0 unspecified atom stereocenters. The van der Waals surface area contributed by atoms with Crippen LogP contribution in [0.15, 0.2) is 12.2 Å². The van der Waals surface area contributed by atoms with E-state index >= 15 is 0 Å². The normalized spacial score (nSPS) is 14.2. The molecule has 0 radical (unpaired) electrons. The molecule has 0 saturated carbocycles. The van der Waals surface area contributed by atoms with Crippen LogP contribution in [0.5, 0.6) is 0 Å². The Labute approximate surface area is 61.2 Å². The molecule has 54 valence electrons. The molecule has 0 aromatic carbocycles. The van der Waals surface area contributed by atoms with E-state index in [1.54, 1.807) is 0 Å². The van der Waals surface area contributed by atoms with Gasteiger partial charge in [0.2, 0.25) is 0 Å². The van der Waals surface area contributed by atoms with Crippen LogP contribution in [0, 0.1) is 0 Å². The summed E-state index contributed by atoms with van der Waals surface area (Å²) in [5.41, 5.74) is 0. The summed E-state index contributed by atoms with van der Waals surface area (Å²) < 4.78 is 0. The summed E-state index contributed by atoms with van der Waals surface area (Å²) in [6.07, 6.45) is 4.44. The summed E-state index contributed by atoms with van der Waals surface area (Å²) in [7, 11) is 0.152. The Hall–Kier alpha value is -0.0431. The lowest BCUT2D eigenvalue weighted by molar-refractivity contribution is 0.752. The predicted molar refractivity (Wildman–Crippen MR) is 47.9 cm³/mol. The average Bonchev–Trinajstić information content (AvgIpc) is 1.63. The predicted octanol–water partition coefficient (Wildman–Crippen LogP) is 2.37. The Kier molecular flexibility index (Phi) is 3.87. The van der Waals surface area contributed by atoms with Crippen molar-refractivity contribution in [2.24, 2.45) is 0 Å².